The first kappa shape index (κ1) is 10.4. The topological polar surface area (TPSA) is 68.0 Å². The van der Waals surface area contributed by atoms with E-state index >= 15 is 0 Å². The van der Waals surface area contributed by atoms with Crippen LogP contribution in [0.5, 0.6) is 0 Å². The van der Waals surface area contributed by atoms with E-state index in [1.807, 2.05) is 13.0 Å². The molecule has 0 bridgehead atoms. The summed E-state index contributed by atoms with van der Waals surface area (Å²) in [6.45, 7) is 3.60. The van der Waals surface area contributed by atoms with Gasteiger partial charge in [-0.05, 0) is 32.0 Å². The molecule has 0 amide bonds. The Hall–Kier alpha value is -2.17. The van der Waals surface area contributed by atoms with Crippen molar-refractivity contribution < 1.29 is 9.90 Å². The Morgan fingerprint density at radius 2 is 2.00 bits per heavy atom. The predicted octanol–water partition coefficient (Wildman–Crippen LogP) is 1.58. The number of carbonyl (C=O) groups is 1. The number of aromatic nitrogens is 3. The molecule has 0 spiro atoms. The van der Waals surface area contributed by atoms with Crippen molar-refractivity contribution in [2.24, 2.45) is 0 Å². The number of hydrogen-bond acceptors (Lipinski definition) is 3. The summed E-state index contributed by atoms with van der Waals surface area (Å²) in [5.41, 5.74) is 2.00. The summed E-state index contributed by atoms with van der Waals surface area (Å²) < 4.78 is 1.52. The van der Waals surface area contributed by atoms with Gasteiger partial charge >= 0.3 is 5.97 Å². The van der Waals surface area contributed by atoms with Crippen LogP contribution in [-0.4, -0.2) is 25.8 Å². The van der Waals surface area contributed by atoms with Crippen LogP contribution in [-0.2, 0) is 0 Å². The first-order valence-electron chi connectivity index (χ1n) is 4.81. The molecule has 0 saturated heterocycles. The minimum Gasteiger partial charge on any atom is -0.476 e. The van der Waals surface area contributed by atoms with Crippen LogP contribution in [0.2, 0.25) is 0 Å². The molecule has 2 heterocycles. The molecule has 0 saturated carbocycles. The maximum atomic E-state index is 11.1. The Labute approximate surface area is 92.4 Å². The van der Waals surface area contributed by atoms with E-state index in [1.54, 1.807) is 25.3 Å². The van der Waals surface area contributed by atoms with Gasteiger partial charge in [0, 0.05) is 11.9 Å². The Morgan fingerprint density at radius 3 is 2.56 bits per heavy atom. The van der Waals surface area contributed by atoms with Gasteiger partial charge in [0.05, 0.1) is 11.4 Å². The second-order valence-electron chi connectivity index (χ2n) is 3.53. The molecule has 0 aliphatic carbocycles. The number of rotatable bonds is 2. The van der Waals surface area contributed by atoms with Crippen LogP contribution in [0.1, 0.15) is 21.9 Å². The zero-order chi connectivity index (χ0) is 11.7. The maximum Gasteiger partial charge on any atom is 0.356 e. The van der Waals surface area contributed by atoms with Gasteiger partial charge < -0.3 is 5.11 Å². The normalized spacial score (nSPS) is 10.4. The average Bonchev–Trinajstić information content (AvgIpc) is 2.64. The van der Waals surface area contributed by atoms with Gasteiger partial charge in [0.2, 0.25) is 0 Å². The van der Waals surface area contributed by atoms with Crippen LogP contribution < -0.4 is 0 Å². The summed E-state index contributed by atoms with van der Waals surface area (Å²) in [5, 5.41) is 13.2. The summed E-state index contributed by atoms with van der Waals surface area (Å²) >= 11 is 0. The van der Waals surface area contributed by atoms with Crippen LogP contribution in [0, 0.1) is 13.8 Å². The second kappa shape index (κ2) is 3.77. The first-order valence-corrected chi connectivity index (χ1v) is 4.81. The minimum atomic E-state index is -1.05. The lowest BCUT2D eigenvalue weighted by Crippen LogP contribution is -2.09. The van der Waals surface area contributed by atoms with Crippen molar-refractivity contribution in [3.05, 3.63) is 41.5 Å². The molecule has 82 valence electrons. The second-order valence-corrected chi connectivity index (χ2v) is 3.53. The molecule has 0 atom stereocenters. The molecule has 1 N–H and O–H groups in total. The Balaban J connectivity index is 2.60. The third-order valence-corrected chi connectivity index (χ3v) is 2.18. The smallest absolute Gasteiger partial charge is 0.356 e. The highest BCUT2D eigenvalue weighted by Gasteiger charge is 2.14. The number of aromatic carboxylic acids is 1. The molecule has 0 fully saturated rings. The zero-order valence-electron chi connectivity index (χ0n) is 9.01. The number of nitrogens with zero attached hydrogens (tertiary/aromatic N) is 3. The number of aryl methyl sites for hydroxylation is 2. The van der Waals surface area contributed by atoms with E-state index in [4.69, 9.17) is 5.11 Å². The van der Waals surface area contributed by atoms with Crippen molar-refractivity contribution in [1.29, 1.82) is 0 Å². The van der Waals surface area contributed by atoms with Crippen molar-refractivity contribution >= 4 is 5.97 Å². The molecule has 0 aromatic carbocycles. The van der Waals surface area contributed by atoms with E-state index in [-0.39, 0.29) is 5.69 Å². The lowest BCUT2D eigenvalue weighted by molar-refractivity contribution is 0.0690. The zero-order valence-corrected chi connectivity index (χ0v) is 9.01. The largest absolute Gasteiger partial charge is 0.476 e. The van der Waals surface area contributed by atoms with E-state index in [0.29, 0.717) is 11.4 Å². The van der Waals surface area contributed by atoms with Crippen molar-refractivity contribution in [2.75, 3.05) is 0 Å². The third kappa shape index (κ3) is 1.79. The average molecular weight is 217 g/mol. The summed E-state index contributed by atoms with van der Waals surface area (Å²) in [6.07, 6.45) is 1.72. The van der Waals surface area contributed by atoms with Gasteiger partial charge in [0.15, 0.2) is 5.69 Å². The van der Waals surface area contributed by atoms with Gasteiger partial charge in [-0.25, -0.2) is 14.5 Å². The molecule has 0 aliphatic rings. The monoisotopic (exact) mass is 217 g/mol. The number of carboxylic acid groups (broad SMARTS) is 1. The lowest BCUT2D eigenvalue weighted by atomic mass is 10.2. The molecule has 0 radical (unpaired) electrons. The molecular weight excluding hydrogens is 206 g/mol. The number of carboxylic acids is 1. The maximum absolute atomic E-state index is 11.1. The van der Waals surface area contributed by atoms with Crippen LogP contribution in [0.15, 0.2) is 24.4 Å². The van der Waals surface area contributed by atoms with Crippen LogP contribution in [0.25, 0.3) is 5.69 Å². The van der Waals surface area contributed by atoms with Gasteiger partial charge in [0.1, 0.15) is 0 Å². The van der Waals surface area contributed by atoms with Gasteiger partial charge in [-0.15, -0.1) is 0 Å². The summed E-state index contributed by atoms with van der Waals surface area (Å²) in [6, 6.07) is 5.28. The molecule has 16 heavy (non-hydrogen) atoms. The Bertz CT molecular complexity index is 546. The fourth-order valence-corrected chi connectivity index (χ4v) is 1.44. The Morgan fingerprint density at radius 1 is 1.25 bits per heavy atom. The SMILES string of the molecule is Cc1ccc(-n2ccc(C)n2)c(C(=O)O)n1. The van der Waals surface area contributed by atoms with Crippen LogP contribution in [0.3, 0.4) is 0 Å². The Kier molecular flexibility index (Phi) is 2.44. The fraction of sp³-hybridized carbons (Fsp3) is 0.182. The van der Waals surface area contributed by atoms with E-state index in [9.17, 15) is 4.79 Å². The van der Waals surface area contributed by atoms with Gasteiger partial charge in [0.25, 0.3) is 0 Å². The highest BCUT2D eigenvalue weighted by Crippen LogP contribution is 2.13. The quantitative estimate of drug-likeness (QED) is 0.829. The molecule has 5 heteroatoms. The van der Waals surface area contributed by atoms with Crippen molar-refractivity contribution in [1.82, 2.24) is 14.8 Å². The minimum absolute atomic E-state index is 0.0168. The van der Waals surface area contributed by atoms with Gasteiger partial charge in [-0.1, -0.05) is 0 Å². The molecule has 2 rings (SSSR count). The van der Waals surface area contributed by atoms with Crippen molar-refractivity contribution in [2.45, 2.75) is 13.8 Å². The standard InChI is InChI=1S/C11H11N3O2/c1-7-3-4-9(10(12-7)11(15)16)14-6-5-8(2)13-14/h3-6H,1-2H3,(H,15,16). The van der Waals surface area contributed by atoms with Crippen LogP contribution >= 0.6 is 0 Å². The van der Waals surface area contributed by atoms with Gasteiger partial charge in [-0.2, -0.15) is 5.10 Å². The van der Waals surface area contributed by atoms with E-state index in [1.165, 1.54) is 4.68 Å². The van der Waals surface area contributed by atoms with Crippen molar-refractivity contribution in [3.63, 3.8) is 0 Å². The summed E-state index contributed by atoms with van der Waals surface area (Å²) in [4.78, 5) is 15.0. The molecule has 0 aliphatic heterocycles. The lowest BCUT2D eigenvalue weighted by Gasteiger charge is -2.05. The third-order valence-electron chi connectivity index (χ3n) is 2.18. The fourth-order valence-electron chi connectivity index (χ4n) is 1.44. The first-order chi connectivity index (χ1) is 7.58. The molecule has 2 aromatic heterocycles. The molecular formula is C11H11N3O2. The van der Waals surface area contributed by atoms with E-state index in [0.717, 1.165) is 5.69 Å². The van der Waals surface area contributed by atoms with Crippen molar-refractivity contribution in [3.8, 4) is 5.69 Å². The number of hydrogen-bond donors (Lipinski definition) is 1. The highest BCUT2D eigenvalue weighted by atomic mass is 16.4. The van der Waals surface area contributed by atoms with Crippen LogP contribution in [0.4, 0.5) is 0 Å². The molecule has 2 aromatic rings. The molecule has 0 unspecified atom stereocenters. The van der Waals surface area contributed by atoms with E-state index in [2.05, 4.69) is 10.1 Å². The summed E-state index contributed by atoms with van der Waals surface area (Å²) in [7, 11) is 0. The summed E-state index contributed by atoms with van der Waals surface area (Å²) in [5.74, 6) is -1.05. The van der Waals surface area contributed by atoms with Gasteiger partial charge in [-0.3, -0.25) is 0 Å². The van der Waals surface area contributed by atoms with E-state index < -0.39 is 5.97 Å². The highest BCUT2D eigenvalue weighted by molar-refractivity contribution is 5.89. The molecule has 5 nitrogen and oxygen atoms in total. The number of pyridine rings is 1. The predicted molar refractivity (Wildman–Crippen MR) is 57.8 cm³/mol.